The van der Waals surface area contributed by atoms with Gasteiger partial charge in [0.2, 0.25) is 10.0 Å². The molecule has 1 aromatic heterocycles. The van der Waals surface area contributed by atoms with Crippen LogP contribution in [0.1, 0.15) is 11.3 Å². The summed E-state index contributed by atoms with van der Waals surface area (Å²) < 4.78 is 36.3. The molecule has 2 aromatic rings. The highest BCUT2D eigenvalue weighted by Gasteiger charge is 2.20. The fourth-order valence-corrected chi connectivity index (χ4v) is 3.57. The molecule has 1 amide bonds. The maximum absolute atomic E-state index is 12.3. The van der Waals surface area contributed by atoms with E-state index in [-0.39, 0.29) is 10.6 Å². The third kappa shape index (κ3) is 5.78. The van der Waals surface area contributed by atoms with Crippen molar-refractivity contribution in [1.82, 2.24) is 4.31 Å². The molecule has 0 saturated carbocycles. The molecular formula is C18H19BrN2O6S. The summed E-state index contributed by atoms with van der Waals surface area (Å²) in [5.74, 6) is -0.871. The van der Waals surface area contributed by atoms with Gasteiger partial charge in [-0.25, -0.2) is 17.5 Å². The largest absolute Gasteiger partial charge is 0.452 e. The lowest BCUT2D eigenvalue weighted by Crippen LogP contribution is -2.24. The van der Waals surface area contributed by atoms with Crippen LogP contribution in [0.4, 0.5) is 5.69 Å². The molecule has 0 aliphatic heterocycles. The molecular weight excluding hydrogens is 452 g/mol. The molecule has 1 aromatic carbocycles. The summed E-state index contributed by atoms with van der Waals surface area (Å²) in [6, 6.07) is 7.84. The number of hydrogen-bond donors (Lipinski definition) is 1. The van der Waals surface area contributed by atoms with Crippen LogP contribution in [0.25, 0.3) is 6.08 Å². The van der Waals surface area contributed by atoms with Crippen molar-refractivity contribution in [2.75, 3.05) is 26.0 Å². The summed E-state index contributed by atoms with van der Waals surface area (Å²) in [7, 11) is -0.798. The number of carbonyl (C=O) groups is 2. The average Bonchev–Trinajstić information content (AvgIpc) is 3.05. The first-order chi connectivity index (χ1) is 13.1. The maximum Gasteiger partial charge on any atom is 0.331 e. The van der Waals surface area contributed by atoms with E-state index < -0.39 is 28.5 Å². The molecule has 0 spiro atoms. The predicted molar refractivity (Wildman–Crippen MR) is 107 cm³/mol. The van der Waals surface area contributed by atoms with E-state index in [2.05, 4.69) is 21.2 Å². The van der Waals surface area contributed by atoms with Gasteiger partial charge in [0.1, 0.15) is 5.76 Å². The van der Waals surface area contributed by atoms with Crippen LogP contribution in [-0.4, -0.2) is 45.3 Å². The maximum atomic E-state index is 12.3. The van der Waals surface area contributed by atoms with Crippen LogP contribution >= 0.6 is 15.9 Å². The number of nitrogens with zero attached hydrogens (tertiary/aromatic N) is 1. The zero-order chi connectivity index (χ0) is 20.9. The molecule has 0 saturated heterocycles. The summed E-state index contributed by atoms with van der Waals surface area (Å²) in [6.45, 7) is 1.14. The fourth-order valence-electron chi connectivity index (χ4n) is 2.10. The summed E-state index contributed by atoms with van der Waals surface area (Å²) in [4.78, 5) is 23.7. The first kappa shape index (κ1) is 21.9. The predicted octanol–water partition coefficient (Wildman–Crippen LogP) is 2.80. The van der Waals surface area contributed by atoms with E-state index in [1.165, 1.54) is 26.2 Å². The van der Waals surface area contributed by atoms with Gasteiger partial charge in [0.15, 0.2) is 11.3 Å². The van der Waals surface area contributed by atoms with Gasteiger partial charge in [0.05, 0.1) is 4.90 Å². The zero-order valence-electron chi connectivity index (χ0n) is 15.4. The Bertz CT molecular complexity index is 1010. The number of aryl methyl sites for hydroxylation is 1. The Morgan fingerprint density at radius 1 is 1.25 bits per heavy atom. The van der Waals surface area contributed by atoms with Gasteiger partial charge in [0, 0.05) is 25.9 Å². The van der Waals surface area contributed by atoms with E-state index >= 15 is 0 Å². The molecule has 1 N–H and O–H groups in total. The second-order valence-corrected chi connectivity index (χ2v) is 8.80. The van der Waals surface area contributed by atoms with E-state index in [4.69, 9.17) is 9.15 Å². The number of carbonyl (C=O) groups excluding carboxylic acids is 2. The van der Waals surface area contributed by atoms with Crippen molar-refractivity contribution in [3.05, 3.63) is 52.4 Å². The van der Waals surface area contributed by atoms with Crippen molar-refractivity contribution in [1.29, 1.82) is 0 Å². The van der Waals surface area contributed by atoms with Crippen molar-refractivity contribution in [2.45, 2.75) is 11.8 Å². The Morgan fingerprint density at radius 2 is 1.96 bits per heavy atom. The first-order valence-corrected chi connectivity index (χ1v) is 10.3. The van der Waals surface area contributed by atoms with Gasteiger partial charge in [0.25, 0.3) is 5.91 Å². The molecule has 0 unspecified atom stereocenters. The third-order valence-electron chi connectivity index (χ3n) is 3.55. The number of benzene rings is 1. The van der Waals surface area contributed by atoms with Gasteiger partial charge < -0.3 is 14.5 Å². The van der Waals surface area contributed by atoms with E-state index in [0.717, 1.165) is 10.4 Å². The SMILES string of the molecule is Cc1ccc(NC(=O)COC(=O)/C=C/c2ccc(Br)o2)cc1S(=O)(=O)N(C)C. The van der Waals surface area contributed by atoms with Crippen LogP contribution < -0.4 is 5.32 Å². The lowest BCUT2D eigenvalue weighted by molar-refractivity contribution is -0.142. The highest BCUT2D eigenvalue weighted by Crippen LogP contribution is 2.22. The standard InChI is InChI=1S/C18H19BrN2O6S/c1-12-4-5-13(10-15(12)28(24,25)21(2)3)20-17(22)11-26-18(23)9-7-14-6-8-16(19)27-14/h4-10H,11H2,1-3H3,(H,20,22)/b9-7+. The summed E-state index contributed by atoms with van der Waals surface area (Å²) >= 11 is 3.14. The van der Waals surface area contributed by atoms with Gasteiger partial charge in [-0.3, -0.25) is 4.79 Å². The normalized spacial score (nSPS) is 11.8. The molecule has 0 aliphatic carbocycles. The van der Waals surface area contributed by atoms with Crippen molar-refractivity contribution in [3.8, 4) is 0 Å². The highest BCUT2D eigenvalue weighted by atomic mass is 79.9. The van der Waals surface area contributed by atoms with Crippen LogP contribution in [0, 0.1) is 6.92 Å². The number of anilines is 1. The third-order valence-corrected chi connectivity index (χ3v) is 5.94. The fraction of sp³-hybridized carbons (Fsp3) is 0.222. The number of sulfonamides is 1. The molecule has 2 rings (SSSR count). The number of ether oxygens (including phenoxy) is 1. The lowest BCUT2D eigenvalue weighted by atomic mass is 10.2. The number of hydrogen-bond acceptors (Lipinski definition) is 6. The highest BCUT2D eigenvalue weighted by molar-refractivity contribution is 9.10. The van der Waals surface area contributed by atoms with Crippen LogP contribution in [0.2, 0.25) is 0 Å². The van der Waals surface area contributed by atoms with Crippen molar-refractivity contribution in [3.63, 3.8) is 0 Å². The van der Waals surface area contributed by atoms with E-state index in [9.17, 15) is 18.0 Å². The summed E-state index contributed by atoms with van der Waals surface area (Å²) in [6.07, 6.45) is 2.54. The zero-order valence-corrected chi connectivity index (χ0v) is 17.8. The molecule has 0 aliphatic rings. The lowest BCUT2D eigenvalue weighted by Gasteiger charge is -2.15. The number of amides is 1. The van der Waals surface area contributed by atoms with Crippen LogP contribution in [-0.2, 0) is 24.3 Å². The minimum absolute atomic E-state index is 0.0832. The van der Waals surface area contributed by atoms with E-state index in [1.54, 1.807) is 31.2 Å². The minimum Gasteiger partial charge on any atom is -0.452 e. The quantitative estimate of drug-likeness (QED) is 0.492. The Morgan fingerprint density at radius 3 is 2.57 bits per heavy atom. The second kappa shape index (κ2) is 9.18. The van der Waals surface area contributed by atoms with Crippen LogP contribution in [0.3, 0.4) is 0 Å². The minimum atomic E-state index is -3.65. The first-order valence-electron chi connectivity index (χ1n) is 8.03. The molecule has 1 heterocycles. The van der Waals surface area contributed by atoms with Crippen LogP contribution in [0.15, 0.2) is 50.4 Å². The number of esters is 1. The topological polar surface area (TPSA) is 106 Å². The van der Waals surface area contributed by atoms with E-state index in [1.807, 2.05) is 0 Å². The summed E-state index contributed by atoms with van der Waals surface area (Å²) in [5, 5.41) is 2.51. The van der Waals surface area contributed by atoms with Gasteiger partial charge in [-0.1, -0.05) is 6.07 Å². The molecule has 28 heavy (non-hydrogen) atoms. The van der Waals surface area contributed by atoms with Crippen molar-refractivity contribution in [2.24, 2.45) is 0 Å². The number of rotatable bonds is 7. The van der Waals surface area contributed by atoms with Crippen molar-refractivity contribution < 1.29 is 27.2 Å². The molecule has 8 nitrogen and oxygen atoms in total. The van der Waals surface area contributed by atoms with Gasteiger partial charge in [-0.05, 0) is 58.8 Å². The Hall–Kier alpha value is -2.43. The van der Waals surface area contributed by atoms with E-state index in [0.29, 0.717) is 16.0 Å². The van der Waals surface area contributed by atoms with Crippen LogP contribution in [0.5, 0.6) is 0 Å². The molecule has 0 fully saturated rings. The molecule has 0 radical (unpaired) electrons. The van der Waals surface area contributed by atoms with Gasteiger partial charge in [-0.2, -0.15) is 0 Å². The average molecular weight is 471 g/mol. The van der Waals surface area contributed by atoms with Gasteiger partial charge in [-0.15, -0.1) is 0 Å². The monoisotopic (exact) mass is 470 g/mol. The Balaban J connectivity index is 1.96. The number of halogens is 1. The van der Waals surface area contributed by atoms with Gasteiger partial charge >= 0.3 is 5.97 Å². The second-order valence-electron chi connectivity index (χ2n) is 5.90. The molecule has 0 bridgehead atoms. The molecule has 0 atom stereocenters. The number of furan rings is 1. The Kier molecular flexibility index (Phi) is 7.17. The smallest absolute Gasteiger partial charge is 0.331 e. The van der Waals surface area contributed by atoms with Crippen molar-refractivity contribution >= 4 is 49.6 Å². The molecule has 150 valence electrons. The summed E-state index contributed by atoms with van der Waals surface area (Å²) in [5.41, 5.74) is 0.830. The number of nitrogens with one attached hydrogen (secondary N) is 1. The Labute approximate surface area is 171 Å². The molecule has 10 heteroatoms.